The molecule has 0 saturated heterocycles. The Bertz CT molecular complexity index is 359. The quantitative estimate of drug-likeness (QED) is 0.803. The van der Waals surface area contributed by atoms with Crippen LogP contribution < -0.4 is 0 Å². The van der Waals surface area contributed by atoms with Gasteiger partial charge >= 0.3 is 5.97 Å². The van der Waals surface area contributed by atoms with Crippen molar-refractivity contribution in [1.29, 1.82) is 0 Å². The number of carbonyl (C=O) groups is 1. The molecule has 0 aromatic heterocycles. The molecule has 2 nitrogen and oxygen atoms in total. The molecule has 0 amide bonds. The van der Waals surface area contributed by atoms with E-state index in [2.05, 4.69) is 0 Å². The summed E-state index contributed by atoms with van der Waals surface area (Å²) < 4.78 is 0. The standard InChI is InChI=1S/C13H17ClO2/c1-3-13(2,12(15)16)11-6-4-10(5-7-11)8-9-14/h4-7H,3,8-9H2,1-2H3,(H,15,16). The Morgan fingerprint density at radius 1 is 1.38 bits per heavy atom. The van der Waals surface area contributed by atoms with E-state index in [-0.39, 0.29) is 0 Å². The van der Waals surface area contributed by atoms with Crippen LogP contribution in [0.1, 0.15) is 31.4 Å². The van der Waals surface area contributed by atoms with Gasteiger partial charge in [0.25, 0.3) is 0 Å². The van der Waals surface area contributed by atoms with Crippen molar-refractivity contribution in [3.05, 3.63) is 35.4 Å². The SMILES string of the molecule is CCC(C)(C(=O)O)c1ccc(CCCl)cc1. The van der Waals surface area contributed by atoms with Gasteiger partial charge in [-0.2, -0.15) is 0 Å². The van der Waals surface area contributed by atoms with Crippen molar-refractivity contribution in [1.82, 2.24) is 0 Å². The highest BCUT2D eigenvalue weighted by Gasteiger charge is 2.32. The van der Waals surface area contributed by atoms with Gasteiger partial charge in [-0.3, -0.25) is 4.79 Å². The van der Waals surface area contributed by atoms with Crippen molar-refractivity contribution >= 4 is 17.6 Å². The molecule has 1 unspecified atom stereocenters. The zero-order chi connectivity index (χ0) is 12.2. The molecule has 1 aromatic rings. The second kappa shape index (κ2) is 5.35. The maximum absolute atomic E-state index is 11.2. The van der Waals surface area contributed by atoms with Gasteiger partial charge in [0.2, 0.25) is 0 Å². The average molecular weight is 241 g/mol. The molecule has 1 aromatic carbocycles. The molecular weight excluding hydrogens is 224 g/mol. The summed E-state index contributed by atoms with van der Waals surface area (Å²) in [6.07, 6.45) is 1.40. The second-order valence-electron chi connectivity index (χ2n) is 4.13. The van der Waals surface area contributed by atoms with Crippen LogP contribution in [0.25, 0.3) is 0 Å². The van der Waals surface area contributed by atoms with Crippen LogP contribution in [0.15, 0.2) is 24.3 Å². The molecule has 0 fully saturated rings. The van der Waals surface area contributed by atoms with E-state index in [4.69, 9.17) is 11.6 Å². The van der Waals surface area contributed by atoms with E-state index in [1.807, 2.05) is 31.2 Å². The summed E-state index contributed by atoms with van der Waals surface area (Å²) in [5.41, 5.74) is 1.20. The highest BCUT2D eigenvalue weighted by Crippen LogP contribution is 2.28. The van der Waals surface area contributed by atoms with Crippen molar-refractivity contribution < 1.29 is 9.90 Å². The summed E-state index contributed by atoms with van der Waals surface area (Å²) >= 11 is 5.65. The van der Waals surface area contributed by atoms with Crippen molar-refractivity contribution in [3.8, 4) is 0 Å². The number of hydrogen-bond acceptors (Lipinski definition) is 1. The number of rotatable bonds is 5. The highest BCUT2D eigenvalue weighted by molar-refractivity contribution is 6.17. The van der Waals surface area contributed by atoms with Gasteiger partial charge in [-0.05, 0) is 30.9 Å². The molecule has 0 radical (unpaired) electrons. The molecular formula is C13H17ClO2. The van der Waals surface area contributed by atoms with E-state index < -0.39 is 11.4 Å². The third-order valence-corrected chi connectivity index (χ3v) is 3.34. The van der Waals surface area contributed by atoms with E-state index in [1.54, 1.807) is 6.92 Å². The number of benzene rings is 1. The van der Waals surface area contributed by atoms with Gasteiger partial charge in [-0.25, -0.2) is 0 Å². The van der Waals surface area contributed by atoms with Crippen molar-refractivity contribution in [3.63, 3.8) is 0 Å². The lowest BCUT2D eigenvalue weighted by atomic mass is 9.80. The van der Waals surface area contributed by atoms with E-state index in [0.29, 0.717) is 12.3 Å². The molecule has 3 heteroatoms. The van der Waals surface area contributed by atoms with E-state index in [9.17, 15) is 9.90 Å². The monoisotopic (exact) mass is 240 g/mol. The van der Waals surface area contributed by atoms with Gasteiger partial charge in [0.05, 0.1) is 5.41 Å². The van der Waals surface area contributed by atoms with Gasteiger partial charge in [-0.1, -0.05) is 31.2 Å². The van der Waals surface area contributed by atoms with Crippen LogP contribution in [0.2, 0.25) is 0 Å². The van der Waals surface area contributed by atoms with Crippen LogP contribution in [0.3, 0.4) is 0 Å². The fourth-order valence-corrected chi connectivity index (χ4v) is 1.85. The molecule has 16 heavy (non-hydrogen) atoms. The number of aliphatic carboxylic acids is 1. The van der Waals surface area contributed by atoms with Crippen LogP contribution >= 0.6 is 11.6 Å². The molecule has 0 aliphatic rings. The molecule has 0 spiro atoms. The zero-order valence-electron chi connectivity index (χ0n) is 9.66. The number of carboxylic acid groups (broad SMARTS) is 1. The lowest BCUT2D eigenvalue weighted by Gasteiger charge is -2.23. The average Bonchev–Trinajstić information content (AvgIpc) is 2.29. The Morgan fingerprint density at radius 3 is 2.31 bits per heavy atom. The summed E-state index contributed by atoms with van der Waals surface area (Å²) in [6, 6.07) is 7.68. The van der Waals surface area contributed by atoms with Gasteiger partial charge in [0.1, 0.15) is 0 Å². The fraction of sp³-hybridized carbons (Fsp3) is 0.462. The Morgan fingerprint density at radius 2 is 1.94 bits per heavy atom. The Kier molecular flexibility index (Phi) is 4.36. The molecule has 0 aliphatic heterocycles. The summed E-state index contributed by atoms with van der Waals surface area (Å²) in [5.74, 6) is -0.191. The molecule has 0 bridgehead atoms. The molecule has 1 N–H and O–H groups in total. The smallest absolute Gasteiger partial charge is 0.313 e. The van der Waals surface area contributed by atoms with Gasteiger partial charge in [0.15, 0.2) is 0 Å². The Hall–Kier alpha value is -1.02. The normalized spacial score (nSPS) is 14.4. The first-order valence-corrected chi connectivity index (χ1v) is 5.97. The number of alkyl halides is 1. The molecule has 1 atom stereocenters. The van der Waals surface area contributed by atoms with Crippen LogP contribution in [-0.4, -0.2) is 17.0 Å². The van der Waals surface area contributed by atoms with Gasteiger partial charge in [-0.15, -0.1) is 11.6 Å². The largest absolute Gasteiger partial charge is 0.481 e. The van der Waals surface area contributed by atoms with E-state index in [1.165, 1.54) is 0 Å². The minimum Gasteiger partial charge on any atom is -0.481 e. The molecule has 1 rings (SSSR count). The fourth-order valence-electron chi connectivity index (χ4n) is 1.63. The first-order chi connectivity index (χ1) is 7.54. The maximum Gasteiger partial charge on any atom is 0.313 e. The van der Waals surface area contributed by atoms with Crippen molar-refractivity contribution in [2.45, 2.75) is 32.1 Å². The summed E-state index contributed by atoms with van der Waals surface area (Å²) in [6.45, 7) is 3.65. The minimum atomic E-state index is -0.792. The summed E-state index contributed by atoms with van der Waals surface area (Å²) in [7, 11) is 0. The van der Waals surface area contributed by atoms with Crippen LogP contribution in [-0.2, 0) is 16.6 Å². The predicted octanol–water partition coefficient (Wildman–Crippen LogP) is 3.22. The maximum atomic E-state index is 11.2. The molecule has 88 valence electrons. The summed E-state index contributed by atoms with van der Waals surface area (Å²) in [5, 5.41) is 9.24. The second-order valence-corrected chi connectivity index (χ2v) is 4.50. The number of hydrogen-bond donors (Lipinski definition) is 1. The van der Waals surface area contributed by atoms with E-state index >= 15 is 0 Å². The minimum absolute atomic E-state index is 0.581. The topological polar surface area (TPSA) is 37.3 Å². The Labute approximate surface area is 101 Å². The number of halogens is 1. The highest BCUT2D eigenvalue weighted by atomic mass is 35.5. The lowest BCUT2D eigenvalue weighted by molar-refractivity contribution is -0.143. The van der Waals surface area contributed by atoms with E-state index in [0.717, 1.165) is 17.5 Å². The van der Waals surface area contributed by atoms with Crippen LogP contribution in [0, 0.1) is 0 Å². The first kappa shape index (κ1) is 13.0. The van der Waals surface area contributed by atoms with Crippen LogP contribution in [0.5, 0.6) is 0 Å². The third kappa shape index (κ3) is 2.56. The number of aryl methyl sites for hydroxylation is 1. The number of carboxylic acids is 1. The first-order valence-electron chi connectivity index (χ1n) is 5.43. The van der Waals surface area contributed by atoms with Crippen molar-refractivity contribution in [2.24, 2.45) is 0 Å². The van der Waals surface area contributed by atoms with Crippen molar-refractivity contribution in [2.75, 3.05) is 5.88 Å². The lowest BCUT2D eigenvalue weighted by Crippen LogP contribution is -2.31. The Balaban J connectivity index is 2.99. The predicted molar refractivity (Wildman–Crippen MR) is 66.1 cm³/mol. The van der Waals surface area contributed by atoms with Gasteiger partial charge < -0.3 is 5.11 Å². The summed E-state index contributed by atoms with van der Waals surface area (Å²) in [4.78, 5) is 11.2. The molecule has 0 saturated carbocycles. The van der Waals surface area contributed by atoms with Gasteiger partial charge in [0, 0.05) is 5.88 Å². The molecule has 0 heterocycles. The zero-order valence-corrected chi connectivity index (χ0v) is 10.4. The third-order valence-electron chi connectivity index (χ3n) is 3.15. The van der Waals surface area contributed by atoms with Crippen LogP contribution in [0.4, 0.5) is 0 Å². The molecule has 0 aliphatic carbocycles.